The minimum atomic E-state index is 0.841. The van der Waals surface area contributed by atoms with Gasteiger partial charge in [-0.2, -0.15) is 0 Å². The lowest BCUT2D eigenvalue weighted by atomic mass is 10.1. The lowest BCUT2D eigenvalue weighted by Gasteiger charge is -2.05. The second-order valence-corrected chi connectivity index (χ2v) is 8.99. The quantitative estimate of drug-likeness (QED) is 0.241. The molecule has 3 nitrogen and oxygen atoms in total. The molecule has 0 saturated heterocycles. The first-order chi connectivity index (χ1) is 12.2. The average molecular weight is 384 g/mol. The van der Waals surface area contributed by atoms with E-state index in [-0.39, 0.29) is 0 Å². The van der Waals surface area contributed by atoms with Gasteiger partial charge in [-0.3, -0.25) is 0 Å². The highest BCUT2D eigenvalue weighted by molar-refractivity contribution is 8.00. The number of thiophene rings is 1. The molecule has 4 rings (SSSR count). The van der Waals surface area contributed by atoms with E-state index in [2.05, 4.69) is 44.2 Å². The smallest absolute Gasteiger partial charge is 0.189 e. The molecule has 0 unspecified atom stereocenters. The Morgan fingerprint density at radius 1 is 1.04 bits per heavy atom. The van der Waals surface area contributed by atoms with Gasteiger partial charge in [0.2, 0.25) is 0 Å². The second kappa shape index (κ2) is 6.94. The molecule has 0 N–H and O–H groups in total. The lowest BCUT2D eigenvalue weighted by molar-refractivity contribution is 0.937. The first-order valence-electron chi connectivity index (χ1n) is 8.10. The molecule has 6 heteroatoms. The number of aryl methyl sites for hydroxylation is 2. The van der Waals surface area contributed by atoms with Gasteiger partial charge in [-0.05, 0) is 43.4 Å². The van der Waals surface area contributed by atoms with E-state index in [1.165, 1.54) is 15.8 Å². The largest absolute Gasteiger partial charge is 0.242 e. The molecule has 0 radical (unpaired) electrons. The molecular formula is C19H17N3S3. The minimum absolute atomic E-state index is 0.841. The predicted molar refractivity (Wildman–Crippen MR) is 109 cm³/mol. The van der Waals surface area contributed by atoms with Crippen LogP contribution in [-0.4, -0.2) is 20.7 Å². The van der Waals surface area contributed by atoms with Crippen LogP contribution in [0.5, 0.6) is 0 Å². The van der Waals surface area contributed by atoms with Crippen molar-refractivity contribution in [1.82, 2.24) is 15.0 Å². The minimum Gasteiger partial charge on any atom is -0.242 e. The van der Waals surface area contributed by atoms with E-state index < -0.39 is 0 Å². The number of nitrogens with zero attached hydrogens (tertiary/aromatic N) is 3. The first-order valence-corrected chi connectivity index (χ1v) is 10.7. The molecule has 0 spiro atoms. The van der Waals surface area contributed by atoms with Gasteiger partial charge in [0, 0.05) is 16.0 Å². The Bertz CT molecular complexity index is 1060. The lowest BCUT2D eigenvalue weighted by Crippen LogP contribution is -1.91. The Morgan fingerprint density at radius 3 is 2.60 bits per heavy atom. The average Bonchev–Trinajstić information content (AvgIpc) is 2.95. The normalized spacial score (nSPS) is 11.5. The van der Waals surface area contributed by atoms with Crippen molar-refractivity contribution in [2.24, 2.45) is 0 Å². The molecule has 3 aromatic heterocycles. The summed E-state index contributed by atoms with van der Waals surface area (Å²) in [6.07, 6.45) is 0. The molecule has 0 fully saturated rings. The number of hydrogen-bond acceptors (Lipinski definition) is 6. The number of hydrogen-bond donors (Lipinski definition) is 0. The van der Waals surface area contributed by atoms with E-state index in [4.69, 9.17) is 15.0 Å². The van der Waals surface area contributed by atoms with Crippen molar-refractivity contribution in [3.8, 4) is 0 Å². The molecule has 4 aromatic rings. The van der Waals surface area contributed by atoms with Gasteiger partial charge in [0.05, 0.1) is 10.2 Å². The Labute approximate surface area is 159 Å². The Kier molecular flexibility index (Phi) is 4.67. The summed E-state index contributed by atoms with van der Waals surface area (Å²) in [5.41, 5.74) is 3.31. The third-order valence-electron chi connectivity index (χ3n) is 3.79. The molecule has 0 saturated carbocycles. The third kappa shape index (κ3) is 3.26. The molecule has 0 amide bonds. The second-order valence-electron chi connectivity index (χ2n) is 5.70. The zero-order valence-corrected chi connectivity index (χ0v) is 16.7. The van der Waals surface area contributed by atoms with Gasteiger partial charge in [0.15, 0.2) is 5.16 Å². The molecule has 25 heavy (non-hydrogen) atoms. The molecule has 0 aliphatic rings. The van der Waals surface area contributed by atoms with Crippen LogP contribution in [0.15, 0.2) is 51.5 Å². The van der Waals surface area contributed by atoms with Crippen LogP contribution >= 0.6 is 34.9 Å². The summed E-state index contributed by atoms with van der Waals surface area (Å²) in [5.74, 6) is 0.958. The summed E-state index contributed by atoms with van der Waals surface area (Å²) in [4.78, 5) is 16.7. The Hall–Kier alpha value is -1.63. The number of aromatic nitrogens is 3. The standard InChI is InChI=1S/C19H17N3S3/c1-4-23-19-21-15-14-11(2)10-12(3)20-17(14)25-16(15)18(22-19)24-13-8-6-5-7-9-13/h5-10H,4H2,1-3H3. The molecular weight excluding hydrogens is 366 g/mol. The highest BCUT2D eigenvalue weighted by atomic mass is 32.2. The van der Waals surface area contributed by atoms with Crippen LogP contribution in [0, 0.1) is 13.8 Å². The van der Waals surface area contributed by atoms with Crippen LogP contribution in [-0.2, 0) is 0 Å². The van der Waals surface area contributed by atoms with Crippen molar-refractivity contribution in [1.29, 1.82) is 0 Å². The maximum absolute atomic E-state index is 4.85. The number of thioether (sulfide) groups is 1. The predicted octanol–water partition coefficient (Wildman–Crippen LogP) is 6.12. The highest BCUT2D eigenvalue weighted by Gasteiger charge is 2.17. The maximum atomic E-state index is 4.85. The van der Waals surface area contributed by atoms with Gasteiger partial charge in [0.1, 0.15) is 9.86 Å². The van der Waals surface area contributed by atoms with Crippen molar-refractivity contribution in [3.05, 3.63) is 47.7 Å². The van der Waals surface area contributed by atoms with E-state index in [0.717, 1.165) is 36.7 Å². The summed E-state index contributed by atoms with van der Waals surface area (Å²) in [7, 11) is 0. The fourth-order valence-corrected chi connectivity index (χ4v) is 5.63. The molecule has 126 valence electrons. The van der Waals surface area contributed by atoms with Crippen molar-refractivity contribution in [3.63, 3.8) is 0 Å². The zero-order valence-electron chi connectivity index (χ0n) is 14.2. The molecule has 0 aliphatic heterocycles. The molecule has 1 aromatic carbocycles. The van der Waals surface area contributed by atoms with E-state index in [1.807, 2.05) is 13.0 Å². The van der Waals surface area contributed by atoms with Crippen LogP contribution in [0.1, 0.15) is 18.2 Å². The molecule has 0 atom stereocenters. The van der Waals surface area contributed by atoms with Crippen molar-refractivity contribution < 1.29 is 0 Å². The van der Waals surface area contributed by atoms with Crippen molar-refractivity contribution >= 4 is 55.3 Å². The maximum Gasteiger partial charge on any atom is 0.189 e. The van der Waals surface area contributed by atoms with Gasteiger partial charge in [-0.25, -0.2) is 15.0 Å². The monoisotopic (exact) mass is 383 g/mol. The fourth-order valence-electron chi connectivity index (χ4n) is 2.80. The number of rotatable bonds is 4. The summed E-state index contributed by atoms with van der Waals surface area (Å²) < 4.78 is 1.13. The zero-order chi connectivity index (χ0) is 17.4. The summed E-state index contributed by atoms with van der Waals surface area (Å²) >= 11 is 5.08. The summed E-state index contributed by atoms with van der Waals surface area (Å²) in [6, 6.07) is 12.5. The van der Waals surface area contributed by atoms with Gasteiger partial charge in [-0.1, -0.05) is 48.6 Å². The SMILES string of the molecule is CCSc1nc(Sc2ccccc2)c2sc3nc(C)cc(C)c3c2n1. The molecule has 0 bridgehead atoms. The first kappa shape index (κ1) is 16.8. The summed E-state index contributed by atoms with van der Waals surface area (Å²) in [6.45, 7) is 6.31. The highest BCUT2D eigenvalue weighted by Crippen LogP contribution is 2.41. The molecule has 3 heterocycles. The van der Waals surface area contributed by atoms with Crippen LogP contribution < -0.4 is 0 Å². The van der Waals surface area contributed by atoms with Crippen LogP contribution in [0.25, 0.3) is 20.4 Å². The van der Waals surface area contributed by atoms with Gasteiger partial charge in [0.25, 0.3) is 0 Å². The number of fused-ring (bicyclic) bond motifs is 3. The van der Waals surface area contributed by atoms with Crippen LogP contribution in [0.3, 0.4) is 0 Å². The van der Waals surface area contributed by atoms with E-state index in [1.54, 1.807) is 34.9 Å². The van der Waals surface area contributed by atoms with E-state index in [9.17, 15) is 0 Å². The Balaban J connectivity index is 1.98. The van der Waals surface area contributed by atoms with E-state index in [0.29, 0.717) is 0 Å². The number of pyridine rings is 1. The fraction of sp³-hybridized carbons (Fsp3) is 0.211. The Morgan fingerprint density at radius 2 is 1.84 bits per heavy atom. The summed E-state index contributed by atoms with van der Waals surface area (Å²) in [5, 5.41) is 3.03. The van der Waals surface area contributed by atoms with Crippen LogP contribution in [0.4, 0.5) is 0 Å². The van der Waals surface area contributed by atoms with Gasteiger partial charge in [-0.15, -0.1) is 11.3 Å². The van der Waals surface area contributed by atoms with Crippen molar-refractivity contribution in [2.75, 3.05) is 5.75 Å². The van der Waals surface area contributed by atoms with Gasteiger partial charge >= 0.3 is 0 Å². The number of benzene rings is 1. The van der Waals surface area contributed by atoms with Crippen molar-refractivity contribution in [2.45, 2.75) is 35.8 Å². The third-order valence-corrected chi connectivity index (χ3v) is 6.73. The molecule has 0 aliphatic carbocycles. The topological polar surface area (TPSA) is 38.7 Å². The van der Waals surface area contributed by atoms with Crippen LogP contribution in [0.2, 0.25) is 0 Å². The van der Waals surface area contributed by atoms with E-state index >= 15 is 0 Å². The van der Waals surface area contributed by atoms with Gasteiger partial charge < -0.3 is 0 Å².